The van der Waals surface area contributed by atoms with Gasteiger partial charge in [-0.05, 0) is 49.6 Å². The molecule has 118 valence electrons. The number of aromatic nitrogens is 3. The molecule has 0 fully saturated rings. The molecule has 23 heavy (non-hydrogen) atoms. The van der Waals surface area contributed by atoms with Gasteiger partial charge in [0.15, 0.2) is 0 Å². The highest BCUT2D eigenvalue weighted by Crippen LogP contribution is 2.16. The predicted molar refractivity (Wildman–Crippen MR) is 89.4 cm³/mol. The zero-order chi connectivity index (χ0) is 16.4. The number of rotatable bonds is 4. The predicted octanol–water partition coefficient (Wildman–Crippen LogP) is 3.23. The van der Waals surface area contributed by atoms with Gasteiger partial charge in [0.2, 0.25) is 0 Å². The zero-order valence-electron chi connectivity index (χ0n) is 13.6. The minimum atomic E-state index is -0.179. The molecule has 3 aromatic rings. The van der Waals surface area contributed by atoms with Crippen LogP contribution in [0, 0.1) is 13.8 Å². The van der Waals surface area contributed by atoms with Crippen LogP contribution in [0.4, 0.5) is 0 Å². The molecule has 0 bridgehead atoms. The normalized spacial score (nSPS) is 12.3. The summed E-state index contributed by atoms with van der Waals surface area (Å²) in [6.07, 6.45) is 6.26. The maximum atomic E-state index is 12.5. The summed E-state index contributed by atoms with van der Waals surface area (Å²) in [7, 11) is 0. The van der Waals surface area contributed by atoms with Gasteiger partial charge in [-0.25, -0.2) is 4.98 Å². The third-order valence-electron chi connectivity index (χ3n) is 3.84. The van der Waals surface area contributed by atoms with E-state index >= 15 is 0 Å². The summed E-state index contributed by atoms with van der Waals surface area (Å²) in [5.41, 5.74) is 4.31. The molecule has 0 saturated carbocycles. The first kappa shape index (κ1) is 15.2. The molecule has 0 spiro atoms. The summed E-state index contributed by atoms with van der Waals surface area (Å²) in [4.78, 5) is 21.3. The van der Waals surface area contributed by atoms with Crippen molar-refractivity contribution in [1.82, 2.24) is 19.7 Å². The van der Waals surface area contributed by atoms with Crippen LogP contribution in [0.25, 0.3) is 5.65 Å². The fourth-order valence-corrected chi connectivity index (χ4v) is 2.58. The van der Waals surface area contributed by atoms with Crippen molar-refractivity contribution in [1.29, 1.82) is 0 Å². The van der Waals surface area contributed by atoms with Gasteiger partial charge in [0, 0.05) is 18.6 Å². The van der Waals surface area contributed by atoms with E-state index in [1.165, 1.54) is 0 Å². The number of hydrogen-bond donors (Lipinski definition) is 1. The molecule has 0 aliphatic rings. The first-order chi connectivity index (χ1) is 11.1. The lowest BCUT2D eigenvalue weighted by Crippen LogP contribution is -2.29. The fraction of sp³-hybridized carbons (Fsp3) is 0.278. The van der Waals surface area contributed by atoms with Crippen LogP contribution in [0.5, 0.6) is 0 Å². The Labute approximate surface area is 135 Å². The first-order valence-electron chi connectivity index (χ1n) is 7.75. The number of pyridine rings is 2. The van der Waals surface area contributed by atoms with Crippen molar-refractivity contribution in [3.8, 4) is 0 Å². The van der Waals surface area contributed by atoms with Gasteiger partial charge in [-0.3, -0.25) is 9.78 Å². The minimum Gasteiger partial charge on any atom is -0.342 e. The lowest BCUT2D eigenvalue weighted by atomic mass is 10.1. The largest absolute Gasteiger partial charge is 0.342 e. The second-order valence-electron chi connectivity index (χ2n) is 5.79. The maximum Gasteiger partial charge on any atom is 0.272 e. The Balaban J connectivity index is 1.83. The number of hydrogen-bond acceptors (Lipinski definition) is 3. The van der Waals surface area contributed by atoms with Crippen molar-refractivity contribution in [2.75, 3.05) is 0 Å². The van der Waals surface area contributed by atoms with E-state index in [4.69, 9.17) is 0 Å². The summed E-state index contributed by atoms with van der Waals surface area (Å²) in [5.74, 6) is -0.179. The van der Waals surface area contributed by atoms with Crippen LogP contribution in [0.1, 0.15) is 46.7 Å². The Morgan fingerprint density at radius 2 is 2.04 bits per heavy atom. The average molecular weight is 308 g/mol. The van der Waals surface area contributed by atoms with Crippen LogP contribution < -0.4 is 5.32 Å². The van der Waals surface area contributed by atoms with Crippen LogP contribution in [0.15, 0.2) is 42.9 Å². The van der Waals surface area contributed by atoms with Crippen molar-refractivity contribution in [3.63, 3.8) is 0 Å². The smallest absolute Gasteiger partial charge is 0.272 e. The van der Waals surface area contributed by atoms with Crippen LogP contribution in [0.3, 0.4) is 0 Å². The summed E-state index contributed by atoms with van der Waals surface area (Å²) < 4.78 is 1.87. The highest BCUT2D eigenvalue weighted by Gasteiger charge is 2.17. The van der Waals surface area contributed by atoms with E-state index in [-0.39, 0.29) is 11.9 Å². The van der Waals surface area contributed by atoms with Gasteiger partial charge in [0.1, 0.15) is 11.3 Å². The molecule has 0 saturated heterocycles. The number of carbonyl (C=O) groups is 1. The molecule has 1 amide bonds. The first-order valence-corrected chi connectivity index (χ1v) is 7.75. The lowest BCUT2D eigenvalue weighted by Gasteiger charge is -2.16. The topological polar surface area (TPSA) is 59.3 Å². The van der Waals surface area contributed by atoms with Gasteiger partial charge < -0.3 is 9.72 Å². The number of nitrogens with one attached hydrogen (secondary N) is 1. The highest BCUT2D eigenvalue weighted by atomic mass is 16.2. The van der Waals surface area contributed by atoms with Gasteiger partial charge >= 0.3 is 0 Å². The standard InChI is InChI=1S/C18H20N4O/c1-4-14(15-9-12(2)7-8-19-15)21-18(23)16-11-22-10-13(3)5-6-17(22)20-16/h5-11,14H,4H2,1-3H3,(H,21,23)/t14-/m0/s1. The van der Waals surface area contributed by atoms with E-state index in [1.807, 2.05) is 55.6 Å². The van der Waals surface area contributed by atoms with Crippen molar-refractivity contribution in [2.24, 2.45) is 0 Å². The molecule has 0 aliphatic carbocycles. The molecule has 3 rings (SSSR count). The number of imidazole rings is 1. The number of amides is 1. The molecule has 3 aromatic heterocycles. The van der Waals surface area contributed by atoms with E-state index in [9.17, 15) is 4.79 Å². The van der Waals surface area contributed by atoms with Gasteiger partial charge in [-0.15, -0.1) is 0 Å². The third kappa shape index (κ3) is 3.23. The molecule has 1 N–H and O–H groups in total. The molecule has 1 atom stereocenters. The van der Waals surface area contributed by atoms with Gasteiger partial charge in [-0.1, -0.05) is 13.0 Å². The molecule has 5 nitrogen and oxygen atoms in total. The number of carbonyl (C=O) groups excluding carboxylic acids is 1. The number of aryl methyl sites for hydroxylation is 2. The van der Waals surface area contributed by atoms with Crippen molar-refractivity contribution >= 4 is 11.6 Å². The highest BCUT2D eigenvalue weighted by molar-refractivity contribution is 5.93. The summed E-state index contributed by atoms with van der Waals surface area (Å²) in [5, 5.41) is 3.02. The van der Waals surface area contributed by atoms with E-state index < -0.39 is 0 Å². The summed E-state index contributed by atoms with van der Waals surface area (Å²) in [6.45, 7) is 6.06. The maximum absolute atomic E-state index is 12.5. The van der Waals surface area contributed by atoms with Crippen LogP contribution in [-0.4, -0.2) is 20.3 Å². The average Bonchev–Trinajstić information content (AvgIpc) is 2.95. The monoisotopic (exact) mass is 308 g/mol. The summed E-state index contributed by atoms with van der Waals surface area (Å²) >= 11 is 0. The van der Waals surface area contributed by atoms with Gasteiger partial charge in [0.05, 0.1) is 11.7 Å². The fourth-order valence-electron chi connectivity index (χ4n) is 2.58. The van der Waals surface area contributed by atoms with Crippen molar-refractivity contribution in [3.05, 3.63) is 65.4 Å². The third-order valence-corrected chi connectivity index (χ3v) is 3.84. The molecular weight excluding hydrogens is 288 g/mol. The van der Waals surface area contributed by atoms with Crippen molar-refractivity contribution < 1.29 is 4.79 Å². The van der Waals surface area contributed by atoms with Crippen LogP contribution in [0.2, 0.25) is 0 Å². The molecule has 0 aliphatic heterocycles. The molecule has 3 heterocycles. The molecular formula is C18H20N4O. The second kappa shape index (κ2) is 6.20. The number of fused-ring (bicyclic) bond motifs is 1. The molecule has 0 unspecified atom stereocenters. The Hall–Kier alpha value is -2.69. The summed E-state index contributed by atoms with van der Waals surface area (Å²) in [6, 6.07) is 7.72. The van der Waals surface area contributed by atoms with Gasteiger partial charge in [-0.2, -0.15) is 0 Å². The Morgan fingerprint density at radius 3 is 2.78 bits per heavy atom. The SMILES string of the molecule is CC[C@H](NC(=O)c1cn2cc(C)ccc2n1)c1cc(C)ccn1. The number of nitrogens with zero attached hydrogens (tertiary/aromatic N) is 3. The Bertz CT molecular complexity index is 853. The molecule has 0 radical (unpaired) electrons. The zero-order valence-corrected chi connectivity index (χ0v) is 13.6. The van der Waals surface area contributed by atoms with Gasteiger partial charge in [0.25, 0.3) is 5.91 Å². The molecule has 5 heteroatoms. The van der Waals surface area contributed by atoms with Crippen LogP contribution in [-0.2, 0) is 0 Å². The van der Waals surface area contributed by atoms with E-state index in [0.717, 1.165) is 28.9 Å². The Morgan fingerprint density at radius 1 is 1.22 bits per heavy atom. The van der Waals surface area contributed by atoms with Crippen molar-refractivity contribution in [2.45, 2.75) is 33.2 Å². The second-order valence-corrected chi connectivity index (χ2v) is 5.79. The molecule has 0 aromatic carbocycles. The Kier molecular flexibility index (Phi) is 4.10. The van der Waals surface area contributed by atoms with E-state index in [0.29, 0.717) is 5.69 Å². The van der Waals surface area contributed by atoms with E-state index in [1.54, 1.807) is 12.4 Å². The minimum absolute atomic E-state index is 0.117. The lowest BCUT2D eigenvalue weighted by molar-refractivity contribution is 0.0930. The quantitative estimate of drug-likeness (QED) is 0.805. The van der Waals surface area contributed by atoms with Crippen LogP contribution >= 0.6 is 0 Å². The van der Waals surface area contributed by atoms with E-state index in [2.05, 4.69) is 15.3 Å².